The fourth-order valence-electron chi connectivity index (χ4n) is 2.94. The second kappa shape index (κ2) is 7.29. The van der Waals surface area contributed by atoms with Crippen LogP contribution in [0.1, 0.15) is 18.5 Å². The second-order valence-corrected chi connectivity index (χ2v) is 6.20. The van der Waals surface area contributed by atoms with Crippen molar-refractivity contribution in [2.24, 2.45) is 5.92 Å². The van der Waals surface area contributed by atoms with E-state index >= 15 is 0 Å². The number of halogens is 3. The molecular formula is C17H17F3N4O3. The molecule has 2 N–H and O–H groups in total. The van der Waals surface area contributed by atoms with Crippen LogP contribution in [0.2, 0.25) is 0 Å². The molecule has 0 aliphatic carbocycles. The third kappa shape index (κ3) is 4.21. The van der Waals surface area contributed by atoms with Gasteiger partial charge in [-0.2, -0.15) is 18.3 Å². The number of likely N-dealkylation sites (tertiary alicyclic amines) is 1. The minimum absolute atomic E-state index is 0.215. The number of carbonyl (C=O) groups is 2. The largest absolute Gasteiger partial charge is 0.481 e. The lowest BCUT2D eigenvalue weighted by molar-refractivity contribution is -0.143. The molecule has 2 amide bonds. The number of hydrogen-bond acceptors (Lipinski definition) is 3. The first-order valence-electron chi connectivity index (χ1n) is 8.26. The van der Waals surface area contributed by atoms with E-state index in [9.17, 15) is 22.8 Å². The predicted octanol–water partition coefficient (Wildman–Crippen LogP) is 3.22. The molecule has 27 heavy (non-hydrogen) atoms. The Morgan fingerprint density at radius 1 is 1.11 bits per heavy atom. The van der Waals surface area contributed by atoms with Gasteiger partial charge in [0.1, 0.15) is 5.69 Å². The van der Waals surface area contributed by atoms with E-state index in [1.165, 1.54) is 29.2 Å². The Bertz CT molecular complexity index is 825. The third-order valence-electron chi connectivity index (χ3n) is 4.43. The number of aromatic nitrogens is 2. The highest BCUT2D eigenvalue weighted by molar-refractivity contribution is 5.89. The molecule has 0 atom stereocenters. The van der Waals surface area contributed by atoms with Gasteiger partial charge in [-0.25, -0.2) is 9.48 Å². The van der Waals surface area contributed by atoms with E-state index in [1.807, 2.05) is 0 Å². The summed E-state index contributed by atoms with van der Waals surface area (Å²) >= 11 is 0. The molecule has 1 aromatic heterocycles. The quantitative estimate of drug-likeness (QED) is 0.853. The van der Waals surface area contributed by atoms with Crippen LogP contribution in [0.15, 0.2) is 36.5 Å². The average Bonchev–Trinajstić information content (AvgIpc) is 3.12. The van der Waals surface area contributed by atoms with Crippen LogP contribution >= 0.6 is 0 Å². The summed E-state index contributed by atoms with van der Waals surface area (Å²) in [6.07, 6.45) is -2.67. The van der Waals surface area contributed by atoms with Gasteiger partial charge in [0.2, 0.25) is 0 Å². The molecule has 0 spiro atoms. The zero-order valence-electron chi connectivity index (χ0n) is 14.1. The van der Waals surface area contributed by atoms with Gasteiger partial charge in [-0.15, -0.1) is 0 Å². The van der Waals surface area contributed by atoms with Crippen LogP contribution in [0.5, 0.6) is 0 Å². The Labute approximate surface area is 152 Å². The first-order chi connectivity index (χ1) is 12.8. The van der Waals surface area contributed by atoms with Crippen molar-refractivity contribution < 1.29 is 27.9 Å². The first-order valence-corrected chi connectivity index (χ1v) is 8.26. The van der Waals surface area contributed by atoms with Crippen LogP contribution in [0.3, 0.4) is 0 Å². The molecule has 10 heteroatoms. The SMILES string of the molecule is O=C(O)C1CCN(C(=O)Nc2ccc(-n3nccc3C(F)(F)F)cc2)CC1. The molecule has 0 saturated carbocycles. The van der Waals surface area contributed by atoms with Crippen molar-refractivity contribution in [3.63, 3.8) is 0 Å². The molecular weight excluding hydrogens is 365 g/mol. The summed E-state index contributed by atoms with van der Waals surface area (Å²) in [6, 6.07) is 6.33. The summed E-state index contributed by atoms with van der Waals surface area (Å²) in [6.45, 7) is 0.673. The van der Waals surface area contributed by atoms with Gasteiger partial charge in [-0.05, 0) is 43.2 Å². The highest BCUT2D eigenvalue weighted by Gasteiger charge is 2.35. The van der Waals surface area contributed by atoms with E-state index in [0.717, 1.165) is 16.9 Å². The number of amides is 2. The molecule has 1 aliphatic rings. The summed E-state index contributed by atoms with van der Waals surface area (Å²) < 4.78 is 39.6. The van der Waals surface area contributed by atoms with Crippen molar-refractivity contribution in [1.29, 1.82) is 0 Å². The van der Waals surface area contributed by atoms with Gasteiger partial charge in [0, 0.05) is 18.8 Å². The van der Waals surface area contributed by atoms with E-state index < -0.39 is 23.8 Å². The molecule has 1 aromatic carbocycles. The maximum atomic E-state index is 12.9. The van der Waals surface area contributed by atoms with Gasteiger partial charge in [0.05, 0.1) is 17.8 Å². The molecule has 0 bridgehead atoms. The number of benzene rings is 1. The number of carbonyl (C=O) groups excluding carboxylic acids is 1. The first kappa shape index (κ1) is 18.7. The van der Waals surface area contributed by atoms with Gasteiger partial charge in [0.15, 0.2) is 0 Å². The number of carboxylic acids is 1. The van der Waals surface area contributed by atoms with E-state index in [2.05, 4.69) is 10.4 Å². The van der Waals surface area contributed by atoms with E-state index in [4.69, 9.17) is 5.11 Å². The third-order valence-corrected chi connectivity index (χ3v) is 4.43. The molecule has 0 radical (unpaired) electrons. The molecule has 3 rings (SSSR count). The lowest BCUT2D eigenvalue weighted by Gasteiger charge is -2.30. The van der Waals surface area contributed by atoms with Crippen molar-refractivity contribution in [1.82, 2.24) is 14.7 Å². The second-order valence-electron chi connectivity index (χ2n) is 6.20. The highest BCUT2D eigenvalue weighted by atomic mass is 19.4. The number of urea groups is 1. The standard InChI is InChI=1S/C17H17F3N4O3/c18-17(19,20)14-5-8-21-24(14)13-3-1-12(2-4-13)22-16(27)23-9-6-11(7-10-23)15(25)26/h1-5,8,11H,6-7,9-10H2,(H,22,27)(H,25,26). The maximum Gasteiger partial charge on any atom is 0.433 e. The lowest BCUT2D eigenvalue weighted by Crippen LogP contribution is -2.42. The molecule has 144 valence electrons. The Balaban J connectivity index is 1.64. The van der Waals surface area contributed by atoms with Crippen LogP contribution in [-0.4, -0.2) is 44.9 Å². The molecule has 1 fully saturated rings. The van der Waals surface area contributed by atoms with E-state index in [1.54, 1.807) is 0 Å². The van der Waals surface area contributed by atoms with Crippen molar-refractivity contribution in [3.8, 4) is 5.69 Å². The topological polar surface area (TPSA) is 87.5 Å². The van der Waals surface area contributed by atoms with Crippen molar-refractivity contribution in [3.05, 3.63) is 42.2 Å². The summed E-state index contributed by atoms with van der Waals surface area (Å²) in [5.41, 5.74) is -0.252. The van der Waals surface area contributed by atoms with Crippen LogP contribution in [0.25, 0.3) is 5.69 Å². The van der Waals surface area contributed by atoms with Gasteiger partial charge in [-0.3, -0.25) is 4.79 Å². The number of rotatable bonds is 3. The van der Waals surface area contributed by atoms with Crippen molar-refractivity contribution in [2.45, 2.75) is 19.0 Å². The van der Waals surface area contributed by atoms with Crippen molar-refractivity contribution >= 4 is 17.7 Å². The maximum absolute atomic E-state index is 12.9. The number of nitrogens with one attached hydrogen (secondary N) is 1. The van der Waals surface area contributed by atoms with Gasteiger partial charge in [-0.1, -0.05) is 0 Å². The number of anilines is 1. The molecule has 1 aliphatic heterocycles. The van der Waals surface area contributed by atoms with Crippen LogP contribution in [0, 0.1) is 5.92 Å². The fourth-order valence-corrected chi connectivity index (χ4v) is 2.94. The zero-order chi connectivity index (χ0) is 19.6. The number of hydrogen-bond donors (Lipinski definition) is 2. The number of piperidine rings is 1. The number of nitrogens with zero attached hydrogens (tertiary/aromatic N) is 3. The summed E-state index contributed by atoms with van der Waals surface area (Å²) in [5.74, 6) is -1.30. The Kier molecular flexibility index (Phi) is 5.06. The molecule has 2 heterocycles. The van der Waals surface area contributed by atoms with Crippen LogP contribution < -0.4 is 5.32 Å². The van der Waals surface area contributed by atoms with Crippen LogP contribution in [-0.2, 0) is 11.0 Å². The predicted molar refractivity (Wildman–Crippen MR) is 89.5 cm³/mol. The summed E-state index contributed by atoms with van der Waals surface area (Å²) in [4.78, 5) is 24.7. The van der Waals surface area contributed by atoms with Crippen LogP contribution in [0.4, 0.5) is 23.7 Å². The highest BCUT2D eigenvalue weighted by Crippen LogP contribution is 2.30. The average molecular weight is 382 g/mol. The lowest BCUT2D eigenvalue weighted by atomic mass is 9.97. The number of carboxylic acid groups (broad SMARTS) is 1. The van der Waals surface area contributed by atoms with Gasteiger partial charge >= 0.3 is 18.2 Å². The normalized spacial score (nSPS) is 15.6. The van der Waals surface area contributed by atoms with Gasteiger partial charge in [0.25, 0.3) is 0 Å². The molecule has 7 nitrogen and oxygen atoms in total. The Morgan fingerprint density at radius 3 is 2.30 bits per heavy atom. The Hall–Kier alpha value is -3.04. The van der Waals surface area contributed by atoms with Gasteiger partial charge < -0.3 is 15.3 Å². The fraction of sp³-hybridized carbons (Fsp3) is 0.353. The molecule has 1 saturated heterocycles. The summed E-state index contributed by atoms with van der Waals surface area (Å²) in [7, 11) is 0. The smallest absolute Gasteiger partial charge is 0.433 e. The van der Waals surface area contributed by atoms with E-state index in [0.29, 0.717) is 31.6 Å². The Morgan fingerprint density at radius 2 is 1.74 bits per heavy atom. The number of alkyl halides is 3. The zero-order valence-corrected chi connectivity index (χ0v) is 14.1. The van der Waals surface area contributed by atoms with Crippen molar-refractivity contribution in [2.75, 3.05) is 18.4 Å². The molecule has 0 unspecified atom stereocenters. The summed E-state index contributed by atoms with van der Waals surface area (Å²) in [5, 5.41) is 15.3. The molecule has 2 aromatic rings. The van der Waals surface area contributed by atoms with E-state index in [-0.39, 0.29) is 11.7 Å². The monoisotopic (exact) mass is 382 g/mol. The minimum Gasteiger partial charge on any atom is -0.481 e. The number of aliphatic carboxylic acids is 1. The minimum atomic E-state index is -4.52.